The SMILES string of the molecule is O=C(O)CCCCc1cn(CC(O)c2ccccc2)nn1. The molecule has 0 aliphatic heterocycles. The fourth-order valence-corrected chi connectivity index (χ4v) is 2.08. The summed E-state index contributed by atoms with van der Waals surface area (Å²) in [6, 6.07) is 9.41. The summed E-state index contributed by atoms with van der Waals surface area (Å²) < 4.78 is 1.62. The van der Waals surface area contributed by atoms with Crippen molar-refractivity contribution in [3.8, 4) is 0 Å². The van der Waals surface area contributed by atoms with Gasteiger partial charge >= 0.3 is 5.97 Å². The van der Waals surface area contributed by atoms with Crippen LogP contribution < -0.4 is 0 Å². The van der Waals surface area contributed by atoms with E-state index < -0.39 is 12.1 Å². The highest BCUT2D eigenvalue weighted by molar-refractivity contribution is 5.66. The molecule has 1 unspecified atom stereocenters. The van der Waals surface area contributed by atoms with Crippen LogP contribution in [0.25, 0.3) is 0 Å². The van der Waals surface area contributed by atoms with Gasteiger partial charge in [-0.2, -0.15) is 0 Å². The number of unbranched alkanes of at least 4 members (excludes halogenated alkanes) is 1. The van der Waals surface area contributed by atoms with Crippen molar-refractivity contribution in [3.05, 3.63) is 47.8 Å². The maximum Gasteiger partial charge on any atom is 0.303 e. The summed E-state index contributed by atoms with van der Waals surface area (Å²) in [5, 5.41) is 26.7. The largest absolute Gasteiger partial charge is 0.481 e. The summed E-state index contributed by atoms with van der Waals surface area (Å²) in [5.41, 5.74) is 1.66. The van der Waals surface area contributed by atoms with Crippen LogP contribution in [0.1, 0.15) is 36.6 Å². The van der Waals surface area contributed by atoms with Crippen molar-refractivity contribution in [3.63, 3.8) is 0 Å². The van der Waals surface area contributed by atoms with Gasteiger partial charge in [0.1, 0.15) is 0 Å². The van der Waals surface area contributed by atoms with Gasteiger partial charge in [-0.15, -0.1) is 5.10 Å². The van der Waals surface area contributed by atoms with E-state index in [0.29, 0.717) is 19.4 Å². The molecule has 0 aliphatic rings. The van der Waals surface area contributed by atoms with Crippen molar-refractivity contribution in [1.82, 2.24) is 15.0 Å². The highest BCUT2D eigenvalue weighted by atomic mass is 16.4. The minimum Gasteiger partial charge on any atom is -0.481 e. The summed E-state index contributed by atoms with van der Waals surface area (Å²) in [6.45, 7) is 0.353. The average Bonchev–Trinajstić information content (AvgIpc) is 2.92. The van der Waals surface area contributed by atoms with Crippen LogP contribution in [0, 0.1) is 0 Å². The Morgan fingerprint density at radius 3 is 2.71 bits per heavy atom. The van der Waals surface area contributed by atoms with E-state index in [4.69, 9.17) is 5.11 Å². The number of benzene rings is 1. The van der Waals surface area contributed by atoms with Crippen LogP contribution in [-0.2, 0) is 17.8 Å². The Morgan fingerprint density at radius 2 is 2.00 bits per heavy atom. The number of hydrogen-bond donors (Lipinski definition) is 2. The molecule has 0 saturated heterocycles. The number of aryl methyl sites for hydroxylation is 1. The van der Waals surface area contributed by atoms with Crippen molar-refractivity contribution in [2.75, 3.05) is 0 Å². The number of aliphatic hydroxyl groups is 1. The lowest BCUT2D eigenvalue weighted by Crippen LogP contribution is -2.09. The summed E-state index contributed by atoms with van der Waals surface area (Å²) in [7, 11) is 0. The van der Waals surface area contributed by atoms with Crippen LogP contribution in [0.2, 0.25) is 0 Å². The summed E-state index contributed by atoms with van der Waals surface area (Å²) in [4.78, 5) is 10.4. The molecule has 1 aromatic heterocycles. The fraction of sp³-hybridized carbons (Fsp3) is 0.400. The number of carboxylic acid groups (broad SMARTS) is 1. The lowest BCUT2D eigenvalue weighted by molar-refractivity contribution is -0.137. The number of aliphatic carboxylic acids is 1. The Balaban J connectivity index is 1.81. The Labute approximate surface area is 123 Å². The van der Waals surface area contributed by atoms with Crippen molar-refractivity contribution in [2.45, 2.75) is 38.3 Å². The quantitative estimate of drug-likeness (QED) is 0.724. The van der Waals surface area contributed by atoms with Gasteiger partial charge in [0.15, 0.2) is 0 Å². The van der Waals surface area contributed by atoms with E-state index in [9.17, 15) is 9.90 Å². The first-order valence-electron chi connectivity index (χ1n) is 6.99. The minimum atomic E-state index is -0.773. The third kappa shape index (κ3) is 5.00. The maximum atomic E-state index is 10.4. The topological polar surface area (TPSA) is 88.2 Å². The molecule has 0 fully saturated rings. The molecule has 112 valence electrons. The van der Waals surface area contributed by atoms with E-state index >= 15 is 0 Å². The lowest BCUT2D eigenvalue weighted by atomic mass is 10.1. The molecule has 1 atom stereocenters. The van der Waals surface area contributed by atoms with Gasteiger partial charge < -0.3 is 10.2 Å². The Bertz CT molecular complexity index is 569. The first kappa shape index (κ1) is 15.2. The minimum absolute atomic E-state index is 0.181. The molecule has 0 saturated carbocycles. The number of carboxylic acids is 1. The molecule has 0 bridgehead atoms. The lowest BCUT2D eigenvalue weighted by Gasteiger charge is -2.09. The van der Waals surface area contributed by atoms with E-state index in [2.05, 4.69) is 10.3 Å². The van der Waals surface area contributed by atoms with Gasteiger partial charge in [0.05, 0.1) is 18.3 Å². The average molecular weight is 289 g/mol. The predicted molar refractivity (Wildman–Crippen MR) is 76.6 cm³/mol. The molecule has 6 nitrogen and oxygen atoms in total. The third-order valence-corrected chi connectivity index (χ3v) is 3.20. The van der Waals surface area contributed by atoms with Gasteiger partial charge in [-0.1, -0.05) is 35.5 Å². The van der Waals surface area contributed by atoms with Crippen LogP contribution in [0.15, 0.2) is 36.5 Å². The van der Waals surface area contributed by atoms with Crippen LogP contribution in [-0.4, -0.2) is 31.2 Å². The molecular formula is C15H19N3O3. The molecule has 1 heterocycles. The fourth-order valence-electron chi connectivity index (χ4n) is 2.08. The molecule has 1 aromatic carbocycles. The number of aromatic nitrogens is 3. The standard InChI is InChI=1S/C15H19N3O3/c19-14(12-6-2-1-3-7-12)11-18-10-13(16-17-18)8-4-5-9-15(20)21/h1-3,6-7,10,14,19H,4-5,8-9,11H2,(H,20,21). The zero-order chi connectivity index (χ0) is 15.1. The highest BCUT2D eigenvalue weighted by Gasteiger charge is 2.09. The second kappa shape index (κ2) is 7.54. The van der Waals surface area contributed by atoms with E-state index in [1.54, 1.807) is 10.9 Å². The van der Waals surface area contributed by atoms with Crippen LogP contribution in [0.5, 0.6) is 0 Å². The molecule has 21 heavy (non-hydrogen) atoms. The van der Waals surface area contributed by atoms with Gasteiger partial charge in [-0.25, -0.2) is 4.68 Å². The Kier molecular flexibility index (Phi) is 5.45. The monoisotopic (exact) mass is 289 g/mol. The maximum absolute atomic E-state index is 10.4. The predicted octanol–water partition coefficient (Wildman–Crippen LogP) is 1.81. The molecule has 6 heteroatoms. The van der Waals surface area contributed by atoms with Crippen molar-refractivity contribution >= 4 is 5.97 Å². The Morgan fingerprint density at radius 1 is 1.24 bits per heavy atom. The summed E-state index contributed by atoms with van der Waals surface area (Å²) >= 11 is 0. The van der Waals surface area contributed by atoms with Crippen molar-refractivity contribution < 1.29 is 15.0 Å². The molecule has 0 aliphatic carbocycles. The first-order chi connectivity index (χ1) is 10.1. The van der Waals surface area contributed by atoms with E-state index in [1.807, 2.05) is 30.3 Å². The number of carbonyl (C=O) groups is 1. The number of hydrogen-bond acceptors (Lipinski definition) is 4. The normalized spacial score (nSPS) is 12.2. The van der Waals surface area contributed by atoms with Crippen LogP contribution in [0.4, 0.5) is 0 Å². The highest BCUT2D eigenvalue weighted by Crippen LogP contribution is 2.14. The Hall–Kier alpha value is -2.21. The van der Waals surface area contributed by atoms with E-state index in [0.717, 1.165) is 17.7 Å². The molecule has 2 N–H and O–H groups in total. The number of aliphatic hydroxyl groups excluding tert-OH is 1. The van der Waals surface area contributed by atoms with Gasteiger partial charge in [0.2, 0.25) is 0 Å². The number of rotatable bonds is 8. The van der Waals surface area contributed by atoms with Crippen LogP contribution >= 0.6 is 0 Å². The second-order valence-corrected chi connectivity index (χ2v) is 4.96. The molecule has 0 radical (unpaired) electrons. The van der Waals surface area contributed by atoms with Crippen molar-refractivity contribution in [1.29, 1.82) is 0 Å². The third-order valence-electron chi connectivity index (χ3n) is 3.20. The van der Waals surface area contributed by atoms with Crippen molar-refractivity contribution in [2.24, 2.45) is 0 Å². The molecule has 2 aromatic rings. The van der Waals surface area contributed by atoms with E-state index in [-0.39, 0.29) is 6.42 Å². The number of nitrogens with zero attached hydrogens (tertiary/aromatic N) is 3. The second-order valence-electron chi connectivity index (χ2n) is 4.96. The van der Waals surface area contributed by atoms with Gasteiger partial charge in [-0.05, 0) is 24.8 Å². The van der Waals surface area contributed by atoms with Gasteiger partial charge in [0.25, 0.3) is 0 Å². The molecule has 0 amide bonds. The van der Waals surface area contributed by atoms with Gasteiger partial charge in [0, 0.05) is 12.6 Å². The molecule has 0 spiro atoms. The summed E-state index contributed by atoms with van der Waals surface area (Å²) in [5.74, 6) is -0.773. The zero-order valence-electron chi connectivity index (χ0n) is 11.7. The smallest absolute Gasteiger partial charge is 0.303 e. The summed E-state index contributed by atoms with van der Waals surface area (Å²) in [6.07, 6.45) is 3.47. The van der Waals surface area contributed by atoms with Gasteiger partial charge in [-0.3, -0.25) is 4.79 Å². The molecule has 2 rings (SSSR count). The van der Waals surface area contributed by atoms with E-state index in [1.165, 1.54) is 0 Å². The zero-order valence-corrected chi connectivity index (χ0v) is 11.7. The first-order valence-corrected chi connectivity index (χ1v) is 6.99. The molecular weight excluding hydrogens is 270 g/mol. The van der Waals surface area contributed by atoms with Crippen LogP contribution in [0.3, 0.4) is 0 Å².